The molecule has 2 unspecified atom stereocenters. The average molecular weight is 413 g/mol. The fourth-order valence-corrected chi connectivity index (χ4v) is 3.98. The van der Waals surface area contributed by atoms with Crippen LogP contribution >= 0.6 is 12.4 Å². The van der Waals surface area contributed by atoms with Crippen molar-refractivity contribution in [2.24, 2.45) is 5.92 Å². The van der Waals surface area contributed by atoms with Crippen LogP contribution in [0.5, 0.6) is 5.75 Å². The first-order valence-electron chi connectivity index (χ1n) is 9.61. The molecule has 0 radical (unpaired) electrons. The fourth-order valence-electron chi connectivity index (χ4n) is 3.98. The van der Waals surface area contributed by atoms with Crippen molar-refractivity contribution in [2.75, 3.05) is 33.3 Å². The molecule has 8 nitrogen and oxygen atoms in total. The number of amides is 1. The van der Waals surface area contributed by atoms with Crippen molar-refractivity contribution in [1.82, 2.24) is 15.5 Å². The summed E-state index contributed by atoms with van der Waals surface area (Å²) in [6.07, 6.45) is 4.11. The summed E-state index contributed by atoms with van der Waals surface area (Å²) in [5, 5.41) is 17.4. The Bertz CT molecular complexity index is 682. The molecule has 1 aromatic rings. The fraction of sp³-hybridized carbons (Fsp3) is 0.632. The van der Waals surface area contributed by atoms with E-state index in [2.05, 4.69) is 15.5 Å². The molecule has 0 bridgehead atoms. The molecule has 0 saturated carbocycles. The van der Waals surface area contributed by atoms with Crippen LogP contribution < -0.4 is 15.4 Å². The molecule has 3 rings (SSSR count). The van der Waals surface area contributed by atoms with Crippen LogP contribution in [0.15, 0.2) is 18.2 Å². The second-order valence-corrected chi connectivity index (χ2v) is 7.39. The number of hydrogen-bond acceptors (Lipinski definition) is 6. The zero-order valence-electron chi connectivity index (χ0n) is 16.2. The minimum atomic E-state index is -0.380. The van der Waals surface area contributed by atoms with Gasteiger partial charge in [0.05, 0.1) is 18.1 Å². The van der Waals surface area contributed by atoms with Gasteiger partial charge in [0.2, 0.25) is 5.91 Å². The van der Waals surface area contributed by atoms with Gasteiger partial charge >= 0.3 is 0 Å². The number of likely N-dealkylation sites (tertiary alicyclic amines) is 1. The molecule has 28 heavy (non-hydrogen) atoms. The highest BCUT2D eigenvalue weighted by molar-refractivity contribution is 5.85. The molecule has 156 valence electrons. The van der Waals surface area contributed by atoms with Crippen LogP contribution in [-0.2, 0) is 11.3 Å². The van der Waals surface area contributed by atoms with Gasteiger partial charge < -0.3 is 15.4 Å². The first-order valence-corrected chi connectivity index (χ1v) is 9.61. The van der Waals surface area contributed by atoms with E-state index in [-0.39, 0.29) is 35.0 Å². The van der Waals surface area contributed by atoms with E-state index in [1.165, 1.54) is 6.07 Å². The number of nitrogens with one attached hydrogen (secondary N) is 2. The number of nitrogens with zero attached hydrogens (tertiary/aromatic N) is 2. The van der Waals surface area contributed by atoms with Gasteiger partial charge in [-0.3, -0.25) is 19.8 Å². The summed E-state index contributed by atoms with van der Waals surface area (Å²) in [6.45, 7) is 4.02. The van der Waals surface area contributed by atoms with Crippen molar-refractivity contribution >= 4 is 24.0 Å². The van der Waals surface area contributed by atoms with Gasteiger partial charge in [0, 0.05) is 37.3 Å². The van der Waals surface area contributed by atoms with Gasteiger partial charge in [-0.1, -0.05) is 0 Å². The molecule has 1 amide bonds. The van der Waals surface area contributed by atoms with E-state index < -0.39 is 0 Å². The number of nitro groups is 1. The molecule has 0 aromatic heterocycles. The Morgan fingerprint density at radius 2 is 2.21 bits per heavy atom. The Balaban J connectivity index is 0.00000280. The Labute approximate surface area is 171 Å². The van der Waals surface area contributed by atoms with Crippen LogP contribution in [0, 0.1) is 16.0 Å². The van der Waals surface area contributed by atoms with E-state index in [1.807, 2.05) is 0 Å². The van der Waals surface area contributed by atoms with Gasteiger partial charge in [-0.2, -0.15) is 0 Å². The van der Waals surface area contributed by atoms with Gasteiger partial charge in [-0.05, 0) is 50.8 Å². The third-order valence-electron chi connectivity index (χ3n) is 5.41. The maximum atomic E-state index is 12.2. The zero-order valence-corrected chi connectivity index (χ0v) is 17.0. The molecule has 0 aliphatic carbocycles. The summed E-state index contributed by atoms with van der Waals surface area (Å²) in [4.78, 5) is 25.1. The molecular formula is C19H29ClN4O4. The molecule has 2 N–H and O–H groups in total. The number of hydrogen-bond donors (Lipinski definition) is 2. The molecule has 1 aromatic carbocycles. The lowest BCUT2D eigenvalue weighted by molar-refractivity contribution is -0.385. The Kier molecular flexibility index (Phi) is 8.47. The zero-order chi connectivity index (χ0) is 19.2. The van der Waals surface area contributed by atoms with Crippen LogP contribution in [0.25, 0.3) is 0 Å². The SMILES string of the molecule is COc1ccc([N+](=O)[O-])cc1CN1CCCC(CNC(=O)C2CCCN2)C1.Cl. The van der Waals surface area contributed by atoms with Crippen LogP contribution in [0.3, 0.4) is 0 Å². The van der Waals surface area contributed by atoms with E-state index in [1.54, 1.807) is 19.2 Å². The summed E-state index contributed by atoms with van der Waals surface area (Å²) >= 11 is 0. The van der Waals surface area contributed by atoms with Crippen molar-refractivity contribution in [3.8, 4) is 5.75 Å². The smallest absolute Gasteiger partial charge is 0.270 e. The summed E-state index contributed by atoms with van der Waals surface area (Å²) in [5.41, 5.74) is 0.905. The molecule has 2 aliphatic rings. The Morgan fingerprint density at radius 1 is 1.39 bits per heavy atom. The van der Waals surface area contributed by atoms with Crippen LogP contribution in [-0.4, -0.2) is 55.1 Å². The lowest BCUT2D eigenvalue weighted by atomic mass is 9.97. The third-order valence-corrected chi connectivity index (χ3v) is 5.41. The van der Waals surface area contributed by atoms with E-state index in [9.17, 15) is 14.9 Å². The number of rotatable bonds is 7. The minimum Gasteiger partial charge on any atom is -0.496 e. The topological polar surface area (TPSA) is 96.7 Å². The van der Waals surface area contributed by atoms with Crippen molar-refractivity contribution < 1.29 is 14.5 Å². The Hall–Kier alpha value is -1.90. The predicted molar refractivity (Wildman–Crippen MR) is 109 cm³/mol. The standard InChI is InChI=1S/C19H28N4O4.ClH/c1-27-18-7-6-16(23(25)26)10-15(18)13-22-9-3-4-14(12-22)11-21-19(24)17-5-2-8-20-17;/h6-7,10,14,17,20H,2-5,8-9,11-13H2,1H3,(H,21,24);1H. The monoisotopic (exact) mass is 412 g/mol. The number of piperidine rings is 1. The molecule has 2 saturated heterocycles. The van der Waals surface area contributed by atoms with E-state index in [0.29, 0.717) is 24.8 Å². The van der Waals surface area contributed by atoms with E-state index in [0.717, 1.165) is 50.9 Å². The maximum Gasteiger partial charge on any atom is 0.270 e. The van der Waals surface area contributed by atoms with Crippen molar-refractivity contribution in [3.63, 3.8) is 0 Å². The third kappa shape index (κ3) is 5.80. The number of methoxy groups -OCH3 is 1. The van der Waals surface area contributed by atoms with Gasteiger partial charge in [-0.25, -0.2) is 0 Å². The van der Waals surface area contributed by atoms with Gasteiger partial charge in [-0.15, -0.1) is 12.4 Å². The highest BCUT2D eigenvalue weighted by Crippen LogP contribution is 2.27. The molecule has 2 aliphatic heterocycles. The molecule has 9 heteroatoms. The lowest BCUT2D eigenvalue weighted by Gasteiger charge is -2.33. The quantitative estimate of drug-likeness (QED) is 0.526. The van der Waals surface area contributed by atoms with Crippen molar-refractivity contribution in [1.29, 1.82) is 0 Å². The van der Waals surface area contributed by atoms with Crippen LogP contribution in [0.1, 0.15) is 31.2 Å². The minimum absolute atomic E-state index is 0. The summed E-state index contributed by atoms with van der Waals surface area (Å²) in [7, 11) is 1.58. The molecule has 2 heterocycles. The normalized spacial score (nSPS) is 22.3. The van der Waals surface area contributed by atoms with E-state index >= 15 is 0 Å². The second kappa shape index (κ2) is 10.6. The summed E-state index contributed by atoms with van der Waals surface area (Å²) < 4.78 is 5.37. The second-order valence-electron chi connectivity index (χ2n) is 7.39. The number of halogens is 1. The maximum absolute atomic E-state index is 12.2. The first-order chi connectivity index (χ1) is 13.1. The average Bonchev–Trinajstić information content (AvgIpc) is 3.21. The molecule has 0 spiro atoms. The Morgan fingerprint density at radius 3 is 2.89 bits per heavy atom. The number of carbonyl (C=O) groups excluding carboxylic acids is 1. The largest absolute Gasteiger partial charge is 0.496 e. The van der Waals surface area contributed by atoms with Crippen molar-refractivity contribution in [3.05, 3.63) is 33.9 Å². The first kappa shape index (κ1) is 22.4. The summed E-state index contributed by atoms with van der Waals surface area (Å²) in [5.74, 6) is 1.17. The van der Waals surface area contributed by atoms with Crippen LogP contribution in [0.2, 0.25) is 0 Å². The molecule has 2 fully saturated rings. The van der Waals surface area contributed by atoms with Gasteiger partial charge in [0.1, 0.15) is 5.75 Å². The molecule has 2 atom stereocenters. The number of nitro benzene ring substituents is 1. The van der Waals surface area contributed by atoms with Crippen LogP contribution in [0.4, 0.5) is 5.69 Å². The number of benzene rings is 1. The summed E-state index contributed by atoms with van der Waals surface area (Å²) in [6, 6.07) is 4.67. The predicted octanol–water partition coefficient (Wildman–Crippen LogP) is 2.11. The lowest BCUT2D eigenvalue weighted by Crippen LogP contribution is -2.45. The highest BCUT2D eigenvalue weighted by Gasteiger charge is 2.25. The number of ether oxygens (including phenoxy) is 1. The highest BCUT2D eigenvalue weighted by atomic mass is 35.5. The number of non-ortho nitro benzene ring substituents is 1. The van der Waals surface area contributed by atoms with E-state index in [4.69, 9.17) is 4.74 Å². The molecular weight excluding hydrogens is 384 g/mol. The van der Waals surface area contributed by atoms with Crippen molar-refractivity contribution in [2.45, 2.75) is 38.3 Å². The number of carbonyl (C=O) groups is 1. The van der Waals surface area contributed by atoms with Gasteiger partial charge in [0.15, 0.2) is 0 Å². The van der Waals surface area contributed by atoms with Gasteiger partial charge in [0.25, 0.3) is 5.69 Å².